The molecular weight excluding hydrogens is 765 g/mol. The Morgan fingerprint density at radius 3 is 1.79 bits per heavy atom. The Morgan fingerprint density at radius 2 is 1.26 bits per heavy atom. The average molecular weight is 823 g/mol. The van der Waals surface area contributed by atoms with E-state index in [9.17, 15) is 9.59 Å². The smallest absolute Gasteiger partial charge is 0.344 e. The van der Waals surface area contributed by atoms with Crippen LogP contribution in [0.1, 0.15) is 36.5 Å². The second kappa shape index (κ2) is 19.7. The van der Waals surface area contributed by atoms with Crippen LogP contribution in [0.15, 0.2) is 116 Å². The lowest BCUT2D eigenvalue weighted by molar-refractivity contribution is -0.890. The van der Waals surface area contributed by atoms with E-state index in [1.165, 1.54) is 7.11 Å². The maximum atomic E-state index is 12.4. The number of hydrogen-bond donors (Lipinski definition) is 0. The topological polar surface area (TPSA) is 70.2 Å². The molecule has 0 bridgehead atoms. The highest BCUT2D eigenvalue weighted by Crippen LogP contribution is 2.35. The van der Waals surface area contributed by atoms with Crippen LogP contribution < -0.4 is 13.9 Å². The van der Waals surface area contributed by atoms with Crippen molar-refractivity contribution in [2.45, 2.75) is 32.9 Å². The zero-order valence-electron chi connectivity index (χ0n) is 34.8. The number of methoxy groups -OCH3 is 1. The highest BCUT2D eigenvalue weighted by atomic mass is 33.1. The fraction of sp³-hybridized carbons (Fsp3) is 0.348. The van der Waals surface area contributed by atoms with Gasteiger partial charge in [0.15, 0.2) is 0 Å². The Bertz CT molecular complexity index is 2220. The summed E-state index contributed by atoms with van der Waals surface area (Å²) in [6.45, 7) is 8.30. The highest BCUT2D eigenvalue weighted by Gasteiger charge is 2.26. The van der Waals surface area contributed by atoms with Gasteiger partial charge >= 0.3 is 11.9 Å². The number of aromatic nitrogens is 4. The molecular formula is C46H58N6O4S2+4. The summed E-state index contributed by atoms with van der Waals surface area (Å²) >= 11 is 0. The maximum Gasteiger partial charge on any atom is 0.344 e. The normalized spacial score (nSPS) is 13.9. The van der Waals surface area contributed by atoms with Crippen LogP contribution in [0.5, 0.6) is 5.75 Å². The molecule has 58 heavy (non-hydrogen) atoms. The number of quaternary nitrogens is 2. The van der Waals surface area contributed by atoms with Crippen molar-refractivity contribution in [1.29, 1.82) is 0 Å². The first-order chi connectivity index (χ1) is 27.9. The summed E-state index contributed by atoms with van der Waals surface area (Å²) in [5.74, 6) is 2.30. The van der Waals surface area contributed by atoms with Crippen molar-refractivity contribution in [2.24, 2.45) is 0 Å². The van der Waals surface area contributed by atoms with E-state index in [0.717, 1.165) is 101 Å². The van der Waals surface area contributed by atoms with Crippen molar-refractivity contribution in [1.82, 2.24) is 9.13 Å². The molecule has 3 heterocycles. The summed E-state index contributed by atoms with van der Waals surface area (Å²) < 4.78 is 21.0. The Labute approximate surface area is 351 Å². The molecule has 0 radical (unpaired) electrons. The Kier molecular flexibility index (Phi) is 14.5. The molecule has 6 rings (SSSR count). The van der Waals surface area contributed by atoms with E-state index < -0.39 is 0 Å². The molecule has 0 saturated carbocycles. The molecule has 0 amide bonds. The molecule has 0 spiro atoms. The molecule has 1 aliphatic rings. The summed E-state index contributed by atoms with van der Waals surface area (Å²) in [7, 11) is 14.8. The summed E-state index contributed by atoms with van der Waals surface area (Å²) in [6, 6.07) is 24.0. The van der Waals surface area contributed by atoms with Gasteiger partial charge in [0, 0.05) is 24.0 Å². The minimum atomic E-state index is -0.310. The molecule has 0 saturated heterocycles. The van der Waals surface area contributed by atoms with Gasteiger partial charge in [-0.3, -0.25) is 0 Å². The van der Waals surface area contributed by atoms with Gasteiger partial charge in [-0.05, 0) is 60.5 Å². The number of ether oxygens (including phenoxy) is 2. The molecule has 0 fully saturated rings. The van der Waals surface area contributed by atoms with Crippen LogP contribution in [0.3, 0.4) is 0 Å². The number of benzene rings is 3. The van der Waals surface area contributed by atoms with Crippen LogP contribution in [-0.4, -0.2) is 103 Å². The van der Waals surface area contributed by atoms with Gasteiger partial charge in [-0.15, -0.1) is 0 Å². The first kappa shape index (κ1) is 42.7. The fourth-order valence-electron chi connectivity index (χ4n) is 6.93. The lowest BCUT2D eigenvalue weighted by Crippen LogP contribution is -2.44. The average Bonchev–Trinajstić information content (AvgIpc) is 3.96. The number of aryl methyl sites for hydroxylation is 2. The van der Waals surface area contributed by atoms with E-state index in [-0.39, 0.29) is 11.9 Å². The zero-order chi connectivity index (χ0) is 41.1. The molecule has 0 N–H and O–H groups in total. The Morgan fingerprint density at radius 1 is 0.741 bits per heavy atom. The number of para-hydroxylation sites is 1. The molecule has 2 aromatic heterocycles. The first-order valence-corrected chi connectivity index (χ1v) is 22.4. The third-order valence-corrected chi connectivity index (χ3v) is 12.9. The van der Waals surface area contributed by atoms with E-state index >= 15 is 0 Å². The number of esters is 2. The molecule has 0 aliphatic carbocycles. The summed E-state index contributed by atoms with van der Waals surface area (Å²) in [4.78, 5) is 24.1. The van der Waals surface area contributed by atoms with Crippen LogP contribution in [0.2, 0.25) is 0 Å². The van der Waals surface area contributed by atoms with E-state index in [0.29, 0.717) is 16.9 Å². The number of hydrogen-bond acceptors (Lipinski definition) is 6. The molecule has 10 nitrogen and oxygen atoms in total. The van der Waals surface area contributed by atoms with Crippen LogP contribution >= 0.6 is 21.6 Å². The lowest BCUT2D eigenvalue weighted by atomic mass is 10.0. The fourth-order valence-corrected chi connectivity index (χ4v) is 9.46. The molecule has 0 atom stereocenters. The number of carbonyl (C=O) groups excluding carboxylic acids is 2. The van der Waals surface area contributed by atoms with Gasteiger partial charge < -0.3 is 18.4 Å². The molecule has 5 aromatic rings. The van der Waals surface area contributed by atoms with Gasteiger partial charge in [0.2, 0.25) is 12.7 Å². The number of carbonyl (C=O) groups is 2. The largest absolute Gasteiger partial charge is 0.466 e. The van der Waals surface area contributed by atoms with Crippen molar-refractivity contribution < 1.29 is 37.2 Å². The molecule has 1 aliphatic heterocycles. The quantitative estimate of drug-likeness (QED) is 0.0162. The molecule has 0 unspecified atom stereocenters. The van der Waals surface area contributed by atoms with E-state index in [4.69, 9.17) is 9.47 Å². The Hall–Kier alpha value is -4.88. The Balaban J connectivity index is 0.838. The van der Waals surface area contributed by atoms with Crippen molar-refractivity contribution in [2.75, 3.05) is 73.0 Å². The van der Waals surface area contributed by atoms with Gasteiger partial charge in [-0.1, -0.05) is 64.1 Å². The standard InChI is InChI=1S/C46H58N6O4S2/c1-37(45(53)55-6)33-38-13-17-40(18-14-38)49-25-23-47(35-49)21-9-27-51(2,3)29-31-57-58-32-30-52(4,5)28-10-22-48-24-26-50(36-48)41-19-15-39(16-20-41)34-43-42-11-7-8-12-44(42)56-46(43)54/h7-8,11-20,23-26,33-36H,9-10,21-22,27-32H2,1-6H3/q+4/b37-33-,43-34-. The molecule has 3 aromatic carbocycles. The summed E-state index contributed by atoms with van der Waals surface area (Å²) in [5.41, 5.74) is 6.12. The zero-order valence-corrected chi connectivity index (χ0v) is 36.4. The SMILES string of the molecule is COC(=O)/C(C)=C\c1ccc(-n2cc[n+](CCC[N+](C)(C)CCSSCC[N+](C)(C)CCC[n+]3ccn(-c4ccc(/C=C5\C(=O)Oc6ccccc65)cc4)c3)c2)cc1. The van der Waals surface area contributed by atoms with Gasteiger partial charge in [0.1, 0.15) is 41.9 Å². The number of rotatable bonds is 20. The van der Waals surface area contributed by atoms with Crippen LogP contribution in [0.4, 0.5) is 0 Å². The van der Waals surface area contributed by atoms with Crippen molar-refractivity contribution in [3.8, 4) is 17.1 Å². The van der Waals surface area contributed by atoms with Crippen molar-refractivity contribution in [3.05, 3.63) is 133 Å². The highest BCUT2D eigenvalue weighted by molar-refractivity contribution is 8.76. The van der Waals surface area contributed by atoms with E-state index in [1.807, 2.05) is 82.3 Å². The lowest BCUT2D eigenvalue weighted by Gasteiger charge is -2.30. The maximum absolute atomic E-state index is 12.4. The third-order valence-electron chi connectivity index (χ3n) is 10.6. The summed E-state index contributed by atoms with van der Waals surface area (Å²) in [6.07, 6.45) is 18.7. The first-order valence-electron chi connectivity index (χ1n) is 19.9. The monoisotopic (exact) mass is 822 g/mol. The van der Waals surface area contributed by atoms with Crippen LogP contribution in [0.25, 0.3) is 29.1 Å². The van der Waals surface area contributed by atoms with Crippen molar-refractivity contribution in [3.63, 3.8) is 0 Å². The minimum absolute atomic E-state index is 0.304. The number of nitrogens with zero attached hydrogens (tertiary/aromatic N) is 6. The second-order valence-electron chi connectivity index (χ2n) is 16.2. The van der Waals surface area contributed by atoms with Gasteiger partial charge in [-0.2, -0.15) is 0 Å². The van der Waals surface area contributed by atoms with Gasteiger partial charge in [0.05, 0.1) is 91.6 Å². The number of fused-ring (bicyclic) bond motifs is 1. The second-order valence-corrected chi connectivity index (χ2v) is 18.9. The van der Waals surface area contributed by atoms with Crippen LogP contribution in [0, 0.1) is 0 Å². The summed E-state index contributed by atoms with van der Waals surface area (Å²) in [5, 5.41) is 0. The third kappa shape index (κ3) is 12.1. The predicted octanol–water partition coefficient (Wildman–Crippen LogP) is 6.89. The minimum Gasteiger partial charge on any atom is -0.466 e. The molecule has 12 heteroatoms. The predicted molar refractivity (Wildman–Crippen MR) is 235 cm³/mol. The van der Waals surface area contributed by atoms with Crippen molar-refractivity contribution >= 4 is 51.3 Å². The number of imidazole rings is 2. The van der Waals surface area contributed by atoms with Gasteiger partial charge in [-0.25, -0.2) is 27.9 Å². The molecule has 304 valence electrons. The van der Waals surface area contributed by atoms with E-state index in [1.54, 1.807) is 6.92 Å². The van der Waals surface area contributed by atoms with Crippen LogP contribution in [-0.2, 0) is 27.4 Å². The van der Waals surface area contributed by atoms with E-state index in [2.05, 4.69) is 108 Å². The van der Waals surface area contributed by atoms with Gasteiger partial charge in [0.25, 0.3) is 0 Å².